The summed E-state index contributed by atoms with van der Waals surface area (Å²) >= 11 is 0. The molecule has 0 aromatic heterocycles. The summed E-state index contributed by atoms with van der Waals surface area (Å²) in [5.74, 6) is -1.77. The van der Waals surface area contributed by atoms with Gasteiger partial charge in [0.25, 0.3) is 11.6 Å². The van der Waals surface area contributed by atoms with Crippen molar-refractivity contribution in [3.63, 3.8) is 0 Å². The third kappa shape index (κ3) is 3.16. The number of piperidine rings is 1. The molecule has 1 amide bonds. The van der Waals surface area contributed by atoms with E-state index in [2.05, 4.69) is 0 Å². The summed E-state index contributed by atoms with van der Waals surface area (Å²) in [5, 5.41) is 19.9. The van der Waals surface area contributed by atoms with Gasteiger partial charge in [0.15, 0.2) is 0 Å². The number of hydrogen-bond donors (Lipinski definition) is 1. The number of rotatable bonds is 4. The third-order valence-corrected chi connectivity index (χ3v) is 3.68. The van der Waals surface area contributed by atoms with Crippen molar-refractivity contribution in [2.24, 2.45) is 5.92 Å². The number of carboxylic acids is 1. The average Bonchev–Trinajstić information content (AvgIpc) is 2.53. The third-order valence-electron chi connectivity index (χ3n) is 3.68. The maximum Gasteiger partial charge on any atom is 0.308 e. The topological polar surface area (TPSA) is 110 Å². The largest absolute Gasteiger partial charge is 0.496 e. The van der Waals surface area contributed by atoms with Gasteiger partial charge in [-0.25, -0.2) is 0 Å². The van der Waals surface area contributed by atoms with Crippen LogP contribution in [0.15, 0.2) is 18.2 Å². The van der Waals surface area contributed by atoms with E-state index in [0.717, 1.165) is 6.07 Å². The first kappa shape index (κ1) is 15.7. The summed E-state index contributed by atoms with van der Waals surface area (Å²) < 4.78 is 5.08. The van der Waals surface area contributed by atoms with Crippen LogP contribution in [0.5, 0.6) is 5.75 Å². The highest BCUT2D eigenvalue weighted by Gasteiger charge is 2.30. The Hall–Kier alpha value is -2.64. The highest BCUT2D eigenvalue weighted by molar-refractivity contribution is 5.98. The molecule has 1 N–H and O–H groups in total. The number of carbonyl (C=O) groups is 2. The molecular weight excluding hydrogens is 292 g/mol. The highest BCUT2D eigenvalue weighted by atomic mass is 16.6. The molecule has 22 heavy (non-hydrogen) atoms. The molecule has 1 atom stereocenters. The van der Waals surface area contributed by atoms with E-state index in [4.69, 9.17) is 9.84 Å². The van der Waals surface area contributed by atoms with Gasteiger partial charge < -0.3 is 14.7 Å². The van der Waals surface area contributed by atoms with E-state index < -0.39 is 22.7 Å². The zero-order valence-electron chi connectivity index (χ0n) is 12.0. The summed E-state index contributed by atoms with van der Waals surface area (Å²) in [6.45, 7) is 0.522. The van der Waals surface area contributed by atoms with Crippen LogP contribution in [0.4, 0.5) is 5.69 Å². The molecular formula is C14H16N2O6. The molecule has 8 nitrogen and oxygen atoms in total. The SMILES string of the molecule is COc1ccc([N+](=O)[O-])cc1C(=O)N1CCC[C@H](C(=O)O)C1. The monoisotopic (exact) mass is 308 g/mol. The van der Waals surface area contributed by atoms with Gasteiger partial charge in [0, 0.05) is 25.2 Å². The minimum Gasteiger partial charge on any atom is -0.496 e. The summed E-state index contributed by atoms with van der Waals surface area (Å²) in [6.07, 6.45) is 1.10. The second kappa shape index (κ2) is 6.42. The number of amides is 1. The second-order valence-corrected chi connectivity index (χ2v) is 5.07. The molecule has 1 aromatic carbocycles. The molecule has 0 spiro atoms. The van der Waals surface area contributed by atoms with Crippen molar-refractivity contribution < 1.29 is 24.4 Å². The van der Waals surface area contributed by atoms with Crippen molar-refractivity contribution in [2.45, 2.75) is 12.8 Å². The quantitative estimate of drug-likeness (QED) is 0.667. The van der Waals surface area contributed by atoms with Gasteiger partial charge in [-0.2, -0.15) is 0 Å². The van der Waals surface area contributed by atoms with Crippen LogP contribution >= 0.6 is 0 Å². The number of carbonyl (C=O) groups excluding carboxylic acids is 1. The van der Waals surface area contributed by atoms with Crippen LogP contribution in [0.1, 0.15) is 23.2 Å². The van der Waals surface area contributed by atoms with Crippen molar-refractivity contribution in [1.82, 2.24) is 4.90 Å². The van der Waals surface area contributed by atoms with Crippen LogP contribution in [-0.2, 0) is 4.79 Å². The van der Waals surface area contributed by atoms with Gasteiger partial charge in [-0.15, -0.1) is 0 Å². The smallest absolute Gasteiger partial charge is 0.308 e. The molecule has 8 heteroatoms. The van der Waals surface area contributed by atoms with Gasteiger partial charge in [0.1, 0.15) is 5.75 Å². The predicted octanol–water partition coefficient (Wildman–Crippen LogP) is 1.54. The molecule has 1 heterocycles. The lowest BCUT2D eigenvalue weighted by atomic mass is 9.97. The van der Waals surface area contributed by atoms with Gasteiger partial charge in [0.2, 0.25) is 0 Å². The normalized spacial score (nSPS) is 17.9. The van der Waals surface area contributed by atoms with Crippen molar-refractivity contribution in [3.05, 3.63) is 33.9 Å². The van der Waals surface area contributed by atoms with Crippen molar-refractivity contribution in [3.8, 4) is 5.75 Å². The van der Waals surface area contributed by atoms with Gasteiger partial charge in [-0.1, -0.05) is 0 Å². The van der Waals surface area contributed by atoms with Gasteiger partial charge in [-0.05, 0) is 18.9 Å². The van der Waals surface area contributed by atoms with Crippen LogP contribution in [0.2, 0.25) is 0 Å². The van der Waals surface area contributed by atoms with Gasteiger partial charge in [0.05, 0.1) is 23.5 Å². The van der Waals surface area contributed by atoms with Crippen LogP contribution in [-0.4, -0.2) is 47.0 Å². The number of aliphatic carboxylic acids is 1. The Morgan fingerprint density at radius 1 is 1.45 bits per heavy atom. The Labute approximate surface area is 126 Å². The van der Waals surface area contributed by atoms with E-state index in [1.807, 2.05) is 0 Å². The average molecular weight is 308 g/mol. The molecule has 0 bridgehead atoms. The summed E-state index contributed by atoms with van der Waals surface area (Å²) in [4.78, 5) is 35.3. The molecule has 1 fully saturated rings. The number of carboxylic acid groups (broad SMARTS) is 1. The van der Waals surface area contributed by atoms with Crippen LogP contribution < -0.4 is 4.74 Å². The summed E-state index contributed by atoms with van der Waals surface area (Å²) in [5.41, 5.74) is -0.140. The number of nitro groups is 1. The molecule has 0 unspecified atom stereocenters. The van der Waals surface area contributed by atoms with Gasteiger partial charge in [-0.3, -0.25) is 19.7 Å². The number of benzene rings is 1. The summed E-state index contributed by atoms with van der Waals surface area (Å²) in [6, 6.07) is 3.78. The molecule has 1 aromatic rings. The van der Waals surface area contributed by atoms with Crippen LogP contribution in [0, 0.1) is 16.0 Å². The number of methoxy groups -OCH3 is 1. The van der Waals surface area contributed by atoms with Crippen LogP contribution in [0.25, 0.3) is 0 Å². The number of nitrogens with zero attached hydrogens (tertiary/aromatic N) is 2. The Morgan fingerprint density at radius 3 is 2.77 bits per heavy atom. The number of likely N-dealkylation sites (tertiary alicyclic amines) is 1. The van der Waals surface area contributed by atoms with Crippen LogP contribution in [0.3, 0.4) is 0 Å². The number of nitro benzene ring substituents is 1. The maximum atomic E-state index is 12.6. The van der Waals surface area contributed by atoms with Gasteiger partial charge >= 0.3 is 5.97 Å². The molecule has 2 rings (SSSR count). The lowest BCUT2D eigenvalue weighted by Gasteiger charge is -2.31. The highest BCUT2D eigenvalue weighted by Crippen LogP contribution is 2.27. The fourth-order valence-corrected chi connectivity index (χ4v) is 2.51. The molecule has 0 saturated carbocycles. The number of hydrogen-bond acceptors (Lipinski definition) is 5. The zero-order chi connectivity index (χ0) is 16.3. The molecule has 1 aliphatic heterocycles. The van der Waals surface area contributed by atoms with E-state index in [-0.39, 0.29) is 23.5 Å². The number of ether oxygens (including phenoxy) is 1. The van der Waals surface area contributed by atoms with E-state index >= 15 is 0 Å². The minimum absolute atomic E-state index is 0.0720. The summed E-state index contributed by atoms with van der Waals surface area (Å²) in [7, 11) is 1.37. The van der Waals surface area contributed by atoms with E-state index in [1.165, 1.54) is 24.1 Å². The Bertz CT molecular complexity index is 615. The lowest BCUT2D eigenvalue weighted by molar-refractivity contribution is -0.384. The van der Waals surface area contributed by atoms with E-state index in [0.29, 0.717) is 19.4 Å². The predicted molar refractivity (Wildman–Crippen MR) is 75.9 cm³/mol. The first-order valence-electron chi connectivity index (χ1n) is 6.78. The molecule has 118 valence electrons. The molecule has 1 saturated heterocycles. The maximum absolute atomic E-state index is 12.6. The zero-order valence-corrected chi connectivity index (χ0v) is 12.0. The lowest BCUT2D eigenvalue weighted by Crippen LogP contribution is -2.42. The fraction of sp³-hybridized carbons (Fsp3) is 0.429. The molecule has 1 aliphatic rings. The standard InChI is InChI=1S/C14H16N2O6/c1-22-12-5-4-10(16(20)21)7-11(12)13(17)15-6-2-3-9(8-15)14(18)19/h4-5,7,9H,2-3,6,8H2,1H3,(H,18,19)/t9-/m0/s1. The fourth-order valence-electron chi connectivity index (χ4n) is 2.51. The Balaban J connectivity index is 2.29. The Morgan fingerprint density at radius 2 is 2.18 bits per heavy atom. The second-order valence-electron chi connectivity index (χ2n) is 5.07. The first-order valence-corrected chi connectivity index (χ1v) is 6.78. The first-order chi connectivity index (χ1) is 10.4. The van der Waals surface area contributed by atoms with E-state index in [9.17, 15) is 19.7 Å². The van der Waals surface area contributed by atoms with Crippen molar-refractivity contribution in [2.75, 3.05) is 20.2 Å². The molecule has 0 aliphatic carbocycles. The number of non-ortho nitro benzene ring substituents is 1. The van der Waals surface area contributed by atoms with E-state index in [1.54, 1.807) is 0 Å². The molecule has 0 radical (unpaired) electrons. The van der Waals surface area contributed by atoms with Crippen molar-refractivity contribution in [1.29, 1.82) is 0 Å². The van der Waals surface area contributed by atoms with Crippen molar-refractivity contribution >= 4 is 17.6 Å². The minimum atomic E-state index is -0.941. The Kier molecular flexibility index (Phi) is 4.59.